The van der Waals surface area contributed by atoms with Crippen molar-refractivity contribution in [2.24, 2.45) is 0 Å². The van der Waals surface area contributed by atoms with Crippen LogP contribution in [0.2, 0.25) is 5.02 Å². The smallest absolute Gasteiger partial charge is 0.343 e. The first-order valence-electron chi connectivity index (χ1n) is 7.50. The zero-order chi connectivity index (χ0) is 17.7. The van der Waals surface area contributed by atoms with E-state index < -0.39 is 17.5 Å². The van der Waals surface area contributed by atoms with Crippen LogP contribution in [0.25, 0.3) is 11.0 Å². The molecule has 0 saturated heterocycles. The van der Waals surface area contributed by atoms with E-state index in [2.05, 4.69) is 0 Å². The minimum Gasteiger partial charge on any atom is -0.464 e. The molecule has 0 bridgehead atoms. The Balaban J connectivity index is 1.99. The molecule has 25 heavy (non-hydrogen) atoms. The molecule has 4 rings (SSSR count). The van der Waals surface area contributed by atoms with E-state index in [1.54, 1.807) is 19.1 Å². The Morgan fingerprint density at radius 2 is 1.96 bits per heavy atom. The van der Waals surface area contributed by atoms with Crippen LogP contribution in [-0.4, -0.2) is 5.97 Å². The summed E-state index contributed by atoms with van der Waals surface area (Å²) in [7, 11) is 0. The number of benzene rings is 1. The van der Waals surface area contributed by atoms with Gasteiger partial charge in [0.05, 0.1) is 23.6 Å². The average molecular weight is 359 g/mol. The molecule has 1 aromatic carbocycles. The van der Waals surface area contributed by atoms with Crippen LogP contribution in [0.15, 0.2) is 49.0 Å². The second-order valence-electron chi connectivity index (χ2n) is 5.81. The summed E-state index contributed by atoms with van der Waals surface area (Å²) < 4.78 is 15.7. The van der Waals surface area contributed by atoms with Crippen LogP contribution in [0.5, 0.6) is 5.75 Å². The van der Waals surface area contributed by atoms with Crippen LogP contribution in [0, 0.1) is 6.92 Å². The Hall–Kier alpha value is -2.86. The highest BCUT2D eigenvalue weighted by Crippen LogP contribution is 2.36. The Bertz CT molecular complexity index is 1140. The fraction of sp³-hybridized carbons (Fsp3) is 0.167. The Kier molecular flexibility index (Phi) is 3.51. The van der Waals surface area contributed by atoms with Crippen LogP contribution in [0.4, 0.5) is 0 Å². The molecule has 0 amide bonds. The van der Waals surface area contributed by atoms with Crippen LogP contribution in [0.1, 0.15) is 29.2 Å². The first-order valence-corrected chi connectivity index (χ1v) is 7.88. The second kappa shape index (κ2) is 5.60. The third-order valence-electron chi connectivity index (χ3n) is 4.15. The molecule has 0 unspecified atom stereocenters. The lowest BCUT2D eigenvalue weighted by Gasteiger charge is -2.22. The van der Waals surface area contributed by atoms with Gasteiger partial charge >= 0.3 is 11.6 Å². The van der Waals surface area contributed by atoms with Crippen molar-refractivity contribution in [2.75, 3.05) is 0 Å². The van der Waals surface area contributed by atoms with Gasteiger partial charge < -0.3 is 13.6 Å². The first kappa shape index (κ1) is 15.7. The van der Waals surface area contributed by atoms with Crippen molar-refractivity contribution in [3.8, 4) is 5.75 Å². The highest BCUT2D eigenvalue weighted by Gasteiger charge is 2.34. The minimum absolute atomic E-state index is 0.112. The number of aryl methyl sites for hydroxylation is 1. The molecule has 3 heterocycles. The lowest BCUT2D eigenvalue weighted by molar-refractivity contribution is -0.135. The molecule has 126 valence electrons. The molecular formula is C18H11ClO6. The molecule has 0 aliphatic carbocycles. The number of ether oxygens (including phenoxy) is 1. The summed E-state index contributed by atoms with van der Waals surface area (Å²) in [6.07, 6.45) is 1.11. The van der Waals surface area contributed by atoms with Gasteiger partial charge in [-0.1, -0.05) is 11.6 Å². The quantitative estimate of drug-likeness (QED) is 0.621. The summed E-state index contributed by atoms with van der Waals surface area (Å²) in [5.41, 5.74) is -0.303. The van der Waals surface area contributed by atoms with E-state index >= 15 is 0 Å². The number of carbonyl (C=O) groups excluding carboxylic acids is 1. The summed E-state index contributed by atoms with van der Waals surface area (Å²) in [5.74, 6) is -0.907. The fourth-order valence-electron chi connectivity index (χ4n) is 3.05. The monoisotopic (exact) mass is 358 g/mol. The average Bonchev–Trinajstić information content (AvgIpc) is 2.54. The van der Waals surface area contributed by atoms with Gasteiger partial charge in [-0.2, -0.15) is 0 Å². The number of hydrogen-bond acceptors (Lipinski definition) is 6. The number of rotatable bonds is 1. The predicted octanol–water partition coefficient (Wildman–Crippen LogP) is 3.15. The number of fused-ring (bicyclic) bond motifs is 2. The predicted molar refractivity (Wildman–Crippen MR) is 89.3 cm³/mol. The molecule has 1 atom stereocenters. The molecule has 0 radical (unpaired) electrons. The van der Waals surface area contributed by atoms with Crippen molar-refractivity contribution in [2.45, 2.75) is 19.3 Å². The SMILES string of the molecule is Cc1cc2c(c(=O)o1)[C@@H](c1coc3ccc(Cl)cc3c1=O)CC(=O)O2. The van der Waals surface area contributed by atoms with Crippen LogP contribution in [0.3, 0.4) is 0 Å². The zero-order valence-corrected chi connectivity index (χ0v) is 13.8. The van der Waals surface area contributed by atoms with Crippen LogP contribution < -0.4 is 15.8 Å². The highest BCUT2D eigenvalue weighted by molar-refractivity contribution is 6.31. The van der Waals surface area contributed by atoms with Crippen molar-refractivity contribution < 1.29 is 18.4 Å². The van der Waals surface area contributed by atoms with Gasteiger partial charge in [0.15, 0.2) is 5.43 Å². The largest absolute Gasteiger partial charge is 0.464 e. The summed E-state index contributed by atoms with van der Waals surface area (Å²) in [6.45, 7) is 1.57. The summed E-state index contributed by atoms with van der Waals surface area (Å²) in [5, 5.41) is 0.664. The molecule has 7 heteroatoms. The van der Waals surface area contributed by atoms with Gasteiger partial charge in [0.1, 0.15) is 17.1 Å². The fourth-order valence-corrected chi connectivity index (χ4v) is 3.22. The van der Waals surface area contributed by atoms with E-state index in [1.807, 2.05) is 0 Å². The molecule has 0 fully saturated rings. The molecule has 0 spiro atoms. The maximum absolute atomic E-state index is 12.9. The molecule has 6 nitrogen and oxygen atoms in total. The standard InChI is InChI=1S/C18H11ClO6/c1-8-4-14-16(18(22)24-8)10(6-15(20)25-14)12-7-23-13-3-2-9(19)5-11(13)17(12)21/h2-5,7,10H,6H2,1H3/t10-/m1/s1. The topological polar surface area (TPSA) is 86.7 Å². The van der Waals surface area contributed by atoms with Gasteiger partial charge in [-0.25, -0.2) is 4.79 Å². The van der Waals surface area contributed by atoms with Gasteiger partial charge in [-0.15, -0.1) is 0 Å². The van der Waals surface area contributed by atoms with Gasteiger partial charge in [0, 0.05) is 22.6 Å². The number of esters is 1. The van der Waals surface area contributed by atoms with E-state index in [0.717, 1.165) is 0 Å². The summed E-state index contributed by atoms with van der Waals surface area (Å²) in [6, 6.07) is 6.15. The molecule has 1 aliphatic rings. The Morgan fingerprint density at radius 3 is 2.76 bits per heavy atom. The molecule has 0 saturated carbocycles. The number of carbonyl (C=O) groups is 1. The van der Waals surface area contributed by atoms with E-state index in [-0.39, 0.29) is 34.1 Å². The molecular weight excluding hydrogens is 348 g/mol. The molecule has 0 N–H and O–H groups in total. The van der Waals surface area contributed by atoms with E-state index in [1.165, 1.54) is 18.4 Å². The van der Waals surface area contributed by atoms with Crippen molar-refractivity contribution in [1.29, 1.82) is 0 Å². The molecule has 3 aromatic rings. The van der Waals surface area contributed by atoms with Gasteiger partial charge in [-0.3, -0.25) is 9.59 Å². The lowest BCUT2D eigenvalue weighted by Crippen LogP contribution is -2.29. The zero-order valence-electron chi connectivity index (χ0n) is 13.0. The van der Waals surface area contributed by atoms with E-state index in [9.17, 15) is 14.4 Å². The molecule has 2 aromatic heterocycles. The normalized spacial score (nSPS) is 16.6. The van der Waals surface area contributed by atoms with Gasteiger partial charge in [0.25, 0.3) is 0 Å². The van der Waals surface area contributed by atoms with Crippen LogP contribution >= 0.6 is 11.6 Å². The lowest BCUT2D eigenvalue weighted by atomic mass is 9.87. The Labute approximate surface area is 145 Å². The number of halogens is 1. The highest BCUT2D eigenvalue weighted by atomic mass is 35.5. The third kappa shape index (κ3) is 2.55. The van der Waals surface area contributed by atoms with E-state index in [4.69, 9.17) is 25.2 Å². The second-order valence-corrected chi connectivity index (χ2v) is 6.25. The maximum Gasteiger partial charge on any atom is 0.343 e. The Morgan fingerprint density at radius 1 is 1.16 bits per heavy atom. The van der Waals surface area contributed by atoms with E-state index in [0.29, 0.717) is 16.4 Å². The van der Waals surface area contributed by atoms with Gasteiger partial charge in [-0.05, 0) is 25.1 Å². The van der Waals surface area contributed by atoms with Crippen molar-refractivity contribution in [3.05, 3.63) is 73.1 Å². The van der Waals surface area contributed by atoms with Crippen molar-refractivity contribution >= 4 is 28.5 Å². The molecule has 1 aliphatic heterocycles. The van der Waals surface area contributed by atoms with Crippen molar-refractivity contribution in [3.63, 3.8) is 0 Å². The summed E-state index contributed by atoms with van der Waals surface area (Å²) >= 11 is 5.96. The third-order valence-corrected chi connectivity index (χ3v) is 4.39. The number of hydrogen-bond donors (Lipinski definition) is 0. The minimum atomic E-state index is -0.798. The first-order chi connectivity index (χ1) is 11.9. The van der Waals surface area contributed by atoms with Crippen molar-refractivity contribution in [1.82, 2.24) is 0 Å². The van der Waals surface area contributed by atoms with Crippen LogP contribution in [-0.2, 0) is 4.79 Å². The van der Waals surface area contributed by atoms with Gasteiger partial charge in [0.2, 0.25) is 0 Å². The maximum atomic E-state index is 12.9. The summed E-state index contributed by atoms with van der Waals surface area (Å²) in [4.78, 5) is 37.1.